The molecular formula is C19H23N3O3. The SMILES string of the molecule is Cc1ccc(CN2C[C@@H]3[C@@H](CC(=O)Nc4cccnc4)CO[C@@H]3C2)o1. The van der Waals surface area contributed by atoms with Crippen molar-refractivity contribution in [2.24, 2.45) is 11.8 Å². The third-order valence-electron chi connectivity index (χ3n) is 5.08. The molecule has 1 N–H and O–H groups in total. The van der Waals surface area contributed by atoms with E-state index in [1.165, 1.54) is 0 Å². The number of anilines is 1. The second kappa shape index (κ2) is 6.98. The van der Waals surface area contributed by atoms with Gasteiger partial charge in [-0.25, -0.2) is 0 Å². The number of carbonyl (C=O) groups excluding carboxylic acids is 1. The number of fused-ring (bicyclic) bond motifs is 1. The van der Waals surface area contributed by atoms with Crippen LogP contribution < -0.4 is 5.32 Å². The molecule has 0 radical (unpaired) electrons. The maximum absolute atomic E-state index is 12.3. The quantitative estimate of drug-likeness (QED) is 0.905. The van der Waals surface area contributed by atoms with Gasteiger partial charge in [-0.05, 0) is 37.1 Å². The zero-order valence-corrected chi connectivity index (χ0v) is 14.4. The first kappa shape index (κ1) is 16.3. The van der Waals surface area contributed by atoms with Crippen LogP contribution in [-0.4, -0.2) is 41.6 Å². The Morgan fingerprint density at radius 3 is 3.04 bits per heavy atom. The normalized spacial score (nSPS) is 25.9. The minimum atomic E-state index is 0.0300. The van der Waals surface area contributed by atoms with Gasteiger partial charge in [0, 0.05) is 31.6 Å². The van der Waals surface area contributed by atoms with Crippen LogP contribution in [0.1, 0.15) is 17.9 Å². The van der Waals surface area contributed by atoms with Crippen LogP contribution in [0.3, 0.4) is 0 Å². The molecule has 2 aromatic rings. The van der Waals surface area contributed by atoms with E-state index in [-0.39, 0.29) is 17.9 Å². The first-order valence-corrected chi connectivity index (χ1v) is 8.76. The number of hydrogen-bond donors (Lipinski definition) is 1. The monoisotopic (exact) mass is 341 g/mol. The largest absolute Gasteiger partial charge is 0.465 e. The zero-order chi connectivity index (χ0) is 17.2. The zero-order valence-electron chi connectivity index (χ0n) is 14.4. The Balaban J connectivity index is 1.31. The summed E-state index contributed by atoms with van der Waals surface area (Å²) in [4.78, 5) is 18.7. The Morgan fingerprint density at radius 2 is 2.28 bits per heavy atom. The molecule has 1 amide bonds. The molecule has 6 heteroatoms. The van der Waals surface area contributed by atoms with Crippen LogP contribution in [0.4, 0.5) is 5.69 Å². The van der Waals surface area contributed by atoms with Crippen molar-refractivity contribution in [2.75, 3.05) is 25.0 Å². The minimum Gasteiger partial charge on any atom is -0.465 e. The summed E-state index contributed by atoms with van der Waals surface area (Å²) >= 11 is 0. The van der Waals surface area contributed by atoms with Gasteiger partial charge in [-0.2, -0.15) is 0 Å². The van der Waals surface area contributed by atoms with Gasteiger partial charge in [0.15, 0.2) is 0 Å². The van der Waals surface area contributed by atoms with Gasteiger partial charge in [0.05, 0.1) is 31.1 Å². The molecule has 2 aliphatic heterocycles. The average molecular weight is 341 g/mol. The van der Waals surface area contributed by atoms with E-state index in [0.717, 1.165) is 36.8 Å². The fourth-order valence-corrected chi connectivity index (χ4v) is 3.90. The topological polar surface area (TPSA) is 67.6 Å². The van der Waals surface area contributed by atoms with E-state index >= 15 is 0 Å². The minimum absolute atomic E-state index is 0.0300. The molecule has 0 aromatic carbocycles. The number of aryl methyl sites for hydroxylation is 1. The number of ether oxygens (including phenoxy) is 1. The molecule has 0 unspecified atom stereocenters. The third kappa shape index (κ3) is 3.75. The second-order valence-electron chi connectivity index (χ2n) is 7.00. The molecule has 4 rings (SSSR count). The third-order valence-corrected chi connectivity index (χ3v) is 5.08. The maximum Gasteiger partial charge on any atom is 0.224 e. The van der Waals surface area contributed by atoms with Crippen LogP contribution in [-0.2, 0) is 16.1 Å². The van der Waals surface area contributed by atoms with Crippen LogP contribution in [0.2, 0.25) is 0 Å². The van der Waals surface area contributed by atoms with Crippen molar-refractivity contribution in [1.29, 1.82) is 0 Å². The van der Waals surface area contributed by atoms with Crippen LogP contribution in [0.15, 0.2) is 41.1 Å². The van der Waals surface area contributed by atoms with Gasteiger partial charge in [-0.3, -0.25) is 14.7 Å². The van der Waals surface area contributed by atoms with Crippen LogP contribution in [0.5, 0.6) is 0 Å². The maximum atomic E-state index is 12.3. The lowest BCUT2D eigenvalue weighted by Gasteiger charge is -2.18. The highest BCUT2D eigenvalue weighted by Gasteiger charge is 2.44. The average Bonchev–Trinajstić information content (AvgIpc) is 3.27. The summed E-state index contributed by atoms with van der Waals surface area (Å²) in [6.45, 7) is 5.30. The molecule has 25 heavy (non-hydrogen) atoms. The number of pyridine rings is 1. The van der Waals surface area contributed by atoms with Crippen molar-refractivity contribution >= 4 is 11.6 Å². The van der Waals surface area contributed by atoms with Crippen LogP contribution in [0, 0.1) is 18.8 Å². The number of nitrogens with one attached hydrogen (secondary N) is 1. The molecule has 0 aliphatic carbocycles. The lowest BCUT2D eigenvalue weighted by atomic mass is 9.90. The van der Waals surface area contributed by atoms with Crippen molar-refractivity contribution in [1.82, 2.24) is 9.88 Å². The van der Waals surface area contributed by atoms with E-state index in [4.69, 9.17) is 9.15 Å². The first-order chi connectivity index (χ1) is 12.2. The number of amides is 1. The highest BCUT2D eigenvalue weighted by molar-refractivity contribution is 5.90. The highest BCUT2D eigenvalue weighted by Crippen LogP contribution is 2.36. The van der Waals surface area contributed by atoms with Gasteiger partial charge in [0.2, 0.25) is 5.91 Å². The standard InChI is InChI=1S/C19H23N3O3/c1-13-4-5-16(25-13)9-22-10-17-14(12-24-18(17)11-22)7-19(23)21-15-3-2-6-20-8-15/h2-6,8,14,17-18H,7,9-12H2,1H3,(H,21,23)/t14-,17+,18+/m0/s1. The fourth-order valence-electron chi connectivity index (χ4n) is 3.90. The fraction of sp³-hybridized carbons (Fsp3) is 0.474. The van der Waals surface area contributed by atoms with E-state index in [1.54, 1.807) is 12.4 Å². The molecule has 0 saturated carbocycles. The van der Waals surface area contributed by atoms with E-state index in [9.17, 15) is 4.79 Å². The number of furan rings is 1. The van der Waals surface area contributed by atoms with E-state index in [0.29, 0.717) is 18.9 Å². The Labute approximate surface area is 147 Å². The lowest BCUT2D eigenvalue weighted by Crippen LogP contribution is -2.26. The predicted octanol–water partition coefficient (Wildman–Crippen LogP) is 2.46. The predicted molar refractivity (Wildman–Crippen MR) is 92.9 cm³/mol. The van der Waals surface area contributed by atoms with Gasteiger partial charge in [-0.1, -0.05) is 0 Å². The molecule has 3 atom stereocenters. The van der Waals surface area contributed by atoms with E-state index in [2.05, 4.69) is 15.2 Å². The number of likely N-dealkylation sites (tertiary alicyclic amines) is 1. The first-order valence-electron chi connectivity index (χ1n) is 8.76. The van der Waals surface area contributed by atoms with Crippen molar-refractivity contribution in [2.45, 2.75) is 26.0 Å². The number of aromatic nitrogens is 1. The summed E-state index contributed by atoms with van der Waals surface area (Å²) in [5, 5.41) is 2.92. The molecule has 4 heterocycles. The number of carbonyl (C=O) groups is 1. The van der Waals surface area contributed by atoms with Crippen molar-refractivity contribution in [3.8, 4) is 0 Å². The molecule has 0 bridgehead atoms. The van der Waals surface area contributed by atoms with Gasteiger partial charge in [0.25, 0.3) is 0 Å². The number of rotatable bonds is 5. The van der Waals surface area contributed by atoms with Crippen molar-refractivity contribution in [3.63, 3.8) is 0 Å². The van der Waals surface area contributed by atoms with Gasteiger partial charge in [0.1, 0.15) is 11.5 Å². The smallest absolute Gasteiger partial charge is 0.224 e. The number of hydrogen-bond acceptors (Lipinski definition) is 5. The molecular weight excluding hydrogens is 318 g/mol. The van der Waals surface area contributed by atoms with Gasteiger partial charge >= 0.3 is 0 Å². The molecule has 2 aliphatic rings. The molecule has 0 spiro atoms. The lowest BCUT2D eigenvalue weighted by molar-refractivity contribution is -0.117. The van der Waals surface area contributed by atoms with Crippen molar-refractivity contribution in [3.05, 3.63) is 48.2 Å². The Hall–Kier alpha value is -2.18. The van der Waals surface area contributed by atoms with Gasteiger partial charge < -0.3 is 14.5 Å². The summed E-state index contributed by atoms with van der Waals surface area (Å²) in [6, 6.07) is 7.69. The molecule has 2 fully saturated rings. The van der Waals surface area contributed by atoms with Crippen molar-refractivity contribution < 1.29 is 13.9 Å². The second-order valence-corrected chi connectivity index (χ2v) is 7.00. The molecule has 132 valence electrons. The molecule has 6 nitrogen and oxygen atoms in total. The molecule has 2 saturated heterocycles. The van der Waals surface area contributed by atoms with Crippen LogP contribution >= 0.6 is 0 Å². The Morgan fingerprint density at radius 1 is 1.36 bits per heavy atom. The molecule has 2 aromatic heterocycles. The summed E-state index contributed by atoms with van der Waals surface area (Å²) in [7, 11) is 0. The summed E-state index contributed by atoms with van der Waals surface area (Å²) in [5.74, 6) is 2.64. The Bertz CT molecular complexity index is 731. The highest BCUT2D eigenvalue weighted by atomic mass is 16.5. The Kier molecular flexibility index (Phi) is 4.55. The number of nitrogens with zero attached hydrogens (tertiary/aromatic N) is 2. The van der Waals surface area contributed by atoms with Gasteiger partial charge in [-0.15, -0.1) is 0 Å². The van der Waals surface area contributed by atoms with E-state index in [1.807, 2.05) is 31.2 Å². The van der Waals surface area contributed by atoms with Crippen LogP contribution in [0.25, 0.3) is 0 Å². The summed E-state index contributed by atoms with van der Waals surface area (Å²) in [6.07, 6.45) is 4.07. The summed E-state index contributed by atoms with van der Waals surface area (Å²) in [5.41, 5.74) is 0.740. The van der Waals surface area contributed by atoms with E-state index < -0.39 is 0 Å². The summed E-state index contributed by atoms with van der Waals surface area (Å²) < 4.78 is 11.6.